The maximum atomic E-state index is 12.5. The minimum absolute atomic E-state index is 0.233. The van der Waals surface area contributed by atoms with Crippen LogP contribution in [0.1, 0.15) is 29.3 Å². The fourth-order valence-electron chi connectivity index (χ4n) is 2.60. The van der Waals surface area contributed by atoms with E-state index >= 15 is 0 Å². The van der Waals surface area contributed by atoms with Gasteiger partial charge in [0.1, 0.15) is 5.15 Å². The number of rotatable bonds is 4. The average Bonchev–Trinajstić information content (AvgIpc) is 3.18. The first-order chi connectivity index (χ1) is 13.1. The molecule has 7 heteroatoms. The molecule has 1 atom stereocenters. The van der Waals surface area contributed by atoms with E-state index in [1.165, 1.54) is 0 Å². The van der Waals surface area contributed by atoms with Crippen molar-refractivity contribution in [2.24, 2.45) is 0 Å². The van der Waals surface area contributed by atoms with Gasteiger partial charge in [-0.1, -0.05) is 29.8 Å². The van der Waals surface area contributed by atoms with E-state index in [1.54, 1.807) is 37.3 Å². The van der Waals surface area contributed by atoms with Crippen LogP contribution in [0.15, 0.2) is 65.1 Å². The summed E-state index contributed by atoms with van der Waals surface area (Å²) in [6.07, 6.45) is -0.679. The van der Waals surface area contributed by atoms with Gasteiger partial charge in [0.25, 0.3) is 5.89 Å². The van der Waals surface area contributed by atoms with Gasteiger partial charge in [-0.2, -0.15) is 0 Å². The highest BCUT2D eigenvalue weighted by Crippen LogP contribution is 2.24. The lowest BCUT2D eigenvalue weighted by molar-refractivity contribution is 0.0280. The number of carbonyl (C=O) groups excluding carboxylic acids is 1. The van der Waals surface area contributed by atoms with Gasteiger partial charge in [0.2, 0.25) is 5.89 Å². The Morgan fingerprint density at radius 2 is 1.89 bits per heavy atom. The van der Waals surface area contributed by atoms with Gasteiger partial charge in [0.05, 0.1) is 11.1 Å². The molecule has 134 valence electrons. The van der Waals surface area contributed by atoms with E-state index in [2.05, 4.69) is 15.2 Å². The maximum absolute atomic E-state index is 12.5. The van der Waals surface area contributed by atoms with Crippen molar-refractivity contribution in [3.05, 3.63) is 77.3 Å². The summed E-state index contributed by atoms with van der Waals surface area (Å²) in [4.78, 5) is 16.7. The van der Waals surface area contributed by atoms with Crippen LogP contribution in [0.2, 0.25) is 5.15 Å². The largest absolute Gasteiger partial charge is 0.449 e. The summed E-state index contributed by atoms with van der Waals surface area (Å²) in [7, 11) is 0. The molecule has 0 spiro atoms. The second-order valence-corrected chi connectivity index (χ2v) is 6.29. The van der Waals surface area contributed by atoms with Gasteiger partial charge in [0.15, 0.2) is 6.10 Å². The number of pyridine rings is 1. The molecule has 6 nitrogen and oxygen atoms in total. The second kappa shape index (κ2) is 7.17. The molecule has 4 aromatic rings. The van der Waals surface area contributed by atoms with Gasteiger partial charge in [-0.25, -0.2) is 9.78 Å². The number of hydrogen-bond donors (Lipinski definition) is 0. The summed E-state index contributed by atoms with van der Waals surface area (Å²) >= 11 is 5.88. The normalized spacial score (nSPS) is 12.1. The molecule has 0 aliphatic heterocycles. The van der Waals surface area contributed by atoms with Crippen LogP contribution in [0.4, 0.5) is 0 Å². The molecule has 0 saturated heterocycles. The summed E-state index contributed by atoms with van der Waals surface area (Å²) in [6, 6.07) is 17.9. The minimum Gasteiger partial charge on any atom is -0.449 e. The highest BCUT2D eigenvalue weighted by Gasteiger charge is 2.20. The maximum Gasteiger partial charge on any atom is 0.338 e. The zero-order valence-corrected chi connectivity index (χ0v) is 15.1. The van der Waals surface area contributed by atoms with Crippen molar-refractivity contribution < 1.29 is 13.9 Å². The Labute approximate surface area is 159 Å². The number of benzene rings is 2. The molecule has 2 aromatic carbocycles. The highest BCUT2D eigenvalue weighted by atomic mass is 35.5. The van der Waals surface area contributed by atoms with E-state index in [1.807, 2.05) is 30.3 Å². The van der Waals surface area contributed by atoms with Gasteiger partial charge in [-0.3, -0.25) is 0 Å². The van der Waals surface area contributed by atoms with Gasteiger partial charge < -0.3 is 9.15 Å². The van der Waals surface area contributed by atoms with Crippen molar-refractivity contribution in [1.29, 1.82) is 0 Å². The smallest absolute Gasteiger partial charge is 0.338 e. The van der Waals surface area contributed by atoms with Crippen molar-refractivity contribution in [2.75, 3.05) is 0 Å². The van der Waals surface area contributed by atoms with E-state index < -0.39 is 12.1 Å². The Bertz CT molecular complexity index is 1110. The van der Waals surface area contributed by atoms with Crippen molar-refractivity contribution in [3.63, 3.8) is 0 Å². The predicted octanol–water partition coefficient (Wildman–Crippen LogP) is 4.86. The SMILES string of the molecule is CC(OC(=O)c1ccc2nc(Cl)ccc2c1)c1nnc(-c2ccccc2)o1. The topological polar surface area (TPSA) is 78.1 Å². The summed E-state index contributed by atoms with van der Waals surface area (Å²) < 4.78 is 11.1. The summed E-state index contributed by atoms with van der Waals surface area (Å²) in [6.45, 7) is 1.68. The first-order valence-corrected chi connectivity index (χ1v) is 8.64. The molecule has 0 saturated carbocycles. The van der Waals surface area contributed by atoms with Crippen molar-refractivity contribution in [3.8, 4) is 11.5 Å². The fraction of sp³-hybridized carbons (Fsp3) is 0.100. The number of ether oxygens (including phenoxy) is 1. The van der Waals surface area contributed by atoms with Crippen molar-refractivity contribution >= 4 is 28.5 Å². The molecule has 0 aliphatic carbocycles. The molecular formula is C20H14ClN3O3. The summed E-state index contributed by atoms with van der Waals surface area (Å²) in [5.41, 5.74) is 1.91. The zero-order valence-electron chi connectivity index (χ0n) is 14.3. The monoisotopic (exact) mass is 379 g/mol. The lowest BCUT2D eigenvalue weighted by Gasteiger charge is -2.10. The molecule has 0 aliphatic rings. The molecule has 0 radical (unpaired) electrons. The Morgan fingerprint density at radius 3 is 2.70 bits per heavy atom. The average molecular weight is 380 g/mol. The third-order valence-electron chi connectivity index (χ3n) is 3.98. The number of hydrogen-bond acceptors (Lipinski definition) is 6. The van der Waals surface area contributed by atoms with E-state index in [4.69, 9.17) is 20.8 Å². The molecule has 1 unspecified atom stereocenters. The molecule has 27 heavy (non-hydrogen) atoms. The number of esters is 1. The Balaban J connectivity index is 1.51. The third-order valence-corrected chi connectivity index (χ3v) is 4.19. The Hall–Kier alpha value is -3.25. The van der Waals surface area contributed by atoms with E-state index in [0.29, 0.717) is 22.1 Å². The molecule has 4 rings (SSSR count). The van der Waals surface area contributed by atoms with Gasteiger partial charge in [0, 0.05) is 10.9 Å². The quantitative estimate of drug-likeness (QED) is 0.372. The molecule has 0 bridgehead atoms. The fourth-order valence-corrected chi connectivity index (χ4v) is 2.76. The third kappa shape index (κ3) is 3.66. The van der Waals surface area contributed by atoms with Crippen LogP contribution in [0.25, 0.3) is 22.4 Å². The van der Waals surface area contributed by atoms with Crippen LogP contribution in [0.3, 0.4) is 0 Å². The molecule has 0 fully saturated rings. The first-order valence-electron chi connectivity index (χ1n) is 8.26. The second-order valence-electron chi connectivity index (χ2n) is 5.90. The van der Waals surface area contributed by atoms with Crippen LogP contribution >= 0.6 is 11.6 Å². The van der Waals surface area contributed by atoms with Gasteiger partial charge >= 0.3 is 5.97 Å². The molecule has 0 N–H and O–H groups in total. The zero-order chi connectivity index (χ0) is 18.8. The Kier molecular flexibility index (Phi) is 4.56. The van der Waals surface area contributed by atoms with Crippen LogP contribution in [-0.2, 0) is 4.74 Å². The lowest BCUT2D eigenvalue weighted by Crippen LogP contribution is -2.09. The Morgan fingerprint density at radius 1 is 1.07 bits per heavy atom. The van der Waals surface area contributed by atoms with E-state index in [0.717, 1.165) is 10.9 Å². The molecule has 0 amide bonds. The molecule has 2 heterocycles. The predicted molar refractivity (Wildman–Crippen MR) is 100 cm³/mol. The lowest BCUT2D eigenvalue weighted by atomic mass is 10.1. The number of aromatic nitrogens is 3. The number of halogens is 1. The minimum atomic E-state index is -0.679. The number of carbonyl (C=O) groups is 1. The molecular weight excluding hydrogens is 366 g/mol. The van der Waals surface area contributed by atoms with Crippen LogP contribution in [0.5, 0.6) is 0 Å². The summed E-state index contributed by atoms with van der Waals surface area (Å²) in [5, 5.41) is 9.19. The van der Waals surface area contributed by atoms with Crippen LogP contribution < -0.4 is 0 Å². The number of fused-ring (bicyclic) bond motifs is 1. The standard InChI is InChI=1S/C20H14ClN3O3/c1-12(18-23-24-19(27-18)13-5-3-2-4-6-13)26-20(25)15-7-9-16-14(11-15)8-10-17(21)22-16/h2-12H,1H3. The van der Waals surface area contributed by atoms with Crippen molar-refractivity contribution in [2.45, 2.75) is 13.0 Å². The van der Waals surface area contributed by atoms with Crippen molar-refractivity contribution in [1.82, 2.24) is 15.2 Å². The van der Waals surface area contributed by atoms with Crippen LogP contribution in [-0.4, -0.2) is 21.2 Å². The summed E-state index contributed by atoms with van der Waals surface area (Å²) in [5.74, 6) is 0.123. The first kappa shape index (κ1) is 17.2. The van der Waals surface area contributed by atoms with E-state index in [9.17, 15) is 4.79 Å². The van der Waals surface area contributed by atoms with E-state index in [-0.39, 0.29) is 5.89 Å². The van der Waals surface area contributed by atoms with Gasteiger partial charge in [-0.05, 0) is 49.4 Å². The van der Waals surface area contributed by atoms with Gasteiger partial charge in [-0.15, -0.1) is 10.2 Å². The van der Waals surface area contributed by atoms with Crippen LogP contribution in [0, 0.1) is 0 Å². The molecule has 2 aromatic heterocycles. The number of nitrogens with zero attached hydrogens (tertiary/aromatic N) is 3. The highest BCUT2D eigenvalue weighted by molar-refractivity contribution is 6.29.